The Hall–Kier alpha value is -1.52. The SMILES string of the molecule is OCC1=C(O)C(O)[C@H](c2ccccc2)N1. The first-order valence-electron chi connectivity index (χ1n) is 4.76. The van der Waals surface area contributed by atoms with Crippen LogP contribution in [0.5, 0.6) is 0 Å². The van der Waals surface area contributed by atoms with Crippen LogP contribution in [-0.2, 0) is 0 Å². The lowest BCUT2D eigenvalue weighted by atomic mass is 10.0. The Morgan fingerprint density at radius 1 is 1.20 bits per heavy atom. The predicted molar refractivity (Wildman–Crippen MR) is 55.1 cm³/mol. The van der Waals surface area contributed by atoms with E-state index in [4.69, 9.17) is 5.11 Å². The van der Waals surface area contributed by atoms with Crippen molar-refractivity contribution < 1.29 is 15.3 Å². The molecule has 0 aromatic heterocycles. The molecule has 0 aliphatic carbocycles. The number of hydrogen-bond donors (Lipinski definition) is 4. The van der Waals surface area contributed by atoms with Crippen molar-refractivity contribution in [3.8, 4) is 0 Å². The van der Waals surface area contributed by atoms with Gasteiger partial charge in [-0.1, -0.05) is 30.3 Å². The number of aliphatic hydroxyl groups is 3. The molecule has 1 aromatic rings. The summed E-state index contributed by atoms with van der Waals surface area (Å²) in [6.07, 6.45) is -0.991. The molecule has 1 aliphatic heterocycles. The van der Waals surface area contributed by atoms with Gasteiger partial charge in [-0.25, -0.2) is 0 Å². The van der Waals surface area contributed by atoms with Crippen LogP contribution in [0.3, 0.4) is 0 Å². The maximum atomic E-state index is 9.73. The maximum absolute atomic E-state index is 9.73. The average Bonchev–Trinajstić information content (AvgIpc) is 2.57. The number of rotatable bonds is 2. The molecule has 1 unspecified atom stereocenters. The Morgan fingerprint density at radius 3 is 2.40 bits per heavy atom. The van der Waals surface area contributed by atoms with Gasteiger partial charge in [0, 0.05) is 0 Å². The summed E-state index contributed by atoms with van der Waals surface area (Å²) < 4.78 is 0. The Balaban J connectivity index is 2.23. The minimum Gasteiger partial charge on any atom is -0.508 e. The highest BCUT2D eigenvalue weighted by Crippen LogP contribution is 2.28. The maximum Gasteiger partial charge on any atom is 0.144 e. The normalized spacial score (nSPS) is 25.5. The molecular weight excluding hydrogens is 194 g/mol. The molecule has 1 aliphatic rings. The highest BCUT2D eigenvalue weighted by Gasteiger charge is 2.33. The van der Waals surface area contributed by atoms with Crippen molar-refractivity contribution in [2.75, 3.05) is 6.61 Å². The first-order chi connectivity index (χ1) is 7.24. The van der Waals surface area contributed by atoms with Crippen molar-refractivity contribution in [2.45, 2.75) is 12.1 Å². The van der Waals surface area contributed by atoms with Crippen molar-refractivity contribution in [3.05, 3.63) is 47.4 Å². The zero-order chi connectivity index (χ0) is 10.8. The van der Waals surface area contributed by atoms with Gasteiger partial charge in [0.2, 0.25) is 0 Å². The van der Waals surface area contributed by atoms with Crippen molar-refractivity contribution in [1.82, 2.24) is 5.32 Å². The minimum atomic E-state index is -0.991. The molecule has 15 heavy (non-hydrogen) atoms. The fourth-order valence-corrected chi connectivity index (χ4v) is 1.73. The van der Waals surface area contributed by atoms with E-state index in [0.29, 0.717) is 0 Å². The number of benzene rings is 1. The molecule has 0 saturated heterocycles. The lowest BCUT2D eigenvalue weighted by molar-refractivity contribution is 0.136. The van der Waals surface area contributed by atoms with E-state index in [1.54, 1.807) is 0 Å². The molecular formula is C11H13NO3. The monoisotopic (exact) mass is 207 g/mol. The summed E-state index contributed by atoms with van der Waals surface area (Å²) in [7, 11) is 0. The van der Waals surface area contributed by atoms with Gasteiger partial charge in [-0.3, -0.25) is 0 Å². The van der Waals surface area contributed by atoms with E-state index in [1.165, 1.54) is 0 Å². The molecule has 4 nitrogen and oxygen atoms in total. The molecule has 0 saturated carbocycles. The Morgan fingerprint density at radius 2 is 1.87 bits per heavy atom. The summed E-state index contributed by atoms with van der Waals surface area (Å²) >= 11 is 0. The van der Waals surface area contributed by atoms with Crippen LogP contribution in [0.4, 0.5) is 0 Å². The van der Waals surface area contributed by atoms with Gasteiger partial charge in [0.25, 0.3) is 0 Å². The van der Waals surface area contributed by atoms with E-state index in [2.05, 4.69) is 5.32 Å². The third kappa shape index (κ3) is 1.69. The molecule has 2 rings (SSSR count). The van der Waals surface area contributed by atoms with Crippen molar-refractivity contribution in [1.29, 1.82) is 0 Å². The fraction of sp³-hybridized carbons (Fsp3) is 0.273. The van der Waals surface area contributed by atoms with Gasteiger partial charge in [0.05, 0.1) is 18.3 Å². The zero-order valence-corrected chi connectivity index (χ0v) is 8.09. The molecule has 0 amide bonds. The van der Waals surface area contributed by atoms with E-state index in [9.17, 15) is 10.2 Å². The van der Waals surface area contributed by atoms with Gasteiger partial charge < -0.3 is 20.6 Å². The molecule has 2 atom stereocenters. The molecule has 1 heterocycles. The van der Waals surface area contributed by atoms with E-state index in [0.717, 1.165) is 5.56 Å². The fourth-order valence-electron chi connectivity index (χ4n) is 1.73. The van der Waals surface area contributed by atoms with Gasteiger partial charge in [0.15, 0.2) is 0 Å². The minimum absolute atomic E-state index is 0.175. The number of nitrogens with one attached hydrogen (secondary N) is 1. The predicted octanol–water partition coefficient (Wildman–Crippen LogP) is 0.454. The van der Waals surface area contributed by atoms with E-state index in [1.807, 2.05) is 30.3 Å². The second kappa shape index (κ2) is 3.92. The molecule has 80 valence electrons. The van der Waals surface area contributed by atoms with Crippen LogP contribution in [0.15, 0.2) is 41.8 Å². The molecule has 4 heteroatoms. The third-order valence-electron chi connectivity index (χ3n) is 2.55. The van der Waals surface area contributed by atoms with E-state index >= 15 is 0 Å². The summed E-state index contributed by atoms with van der Waals surface area (Å²) in [4.78, 5) is 0. The molecule has 4 N–H and O–H groups in total. The van der Waals surface area contributed by atoms with Crippen LogP contribution in [0, 0.1) is 0 Å². The largest absolute Gasteiger partial charge is 0.508 e. The van der Waals surface area contributed by atoms with Crippen molar-refractivity contribution in [3.63, 3.8) is 0 Å². The van der Waals surface area contributed by atoms with Gasteiger partial charge in [-0.05, 0) is 5.56 Å². The molecule has 0 fully saturated rings. The number of aliphatic hydroxyl groups excluding tert-OH is 3. The Kier molecular flexibility index (Phi) is 2.62. The van der Waals surface area contributed by atoms with Gasteiger partial charge >= 0.3 is 0 Å². The van der Waals surface area contributed by atoms with Crippen LogP contribution in [0.1, 0.15) is 11.6 Å². The standard InChI is InChI=1S/C11H13NO3/c13-6-8-10(14)11(15)9(12-8)7-4-2-1-3-5-7/h1-5,9,11-15H,6H2/t9-,11?/m0/s1. The molecule has 0 spiro atoms. The Labute approximate surface area is 87.5 Å². The summed E-state index contributed by atoms with van der Waals surface area (Å²) in [5.74, 6) is -0.175. The zero-order valence-electron chi connectivity index (χ0n) is 8.09. The van der Waals surface area contributed by atoms with Gasteiger partial charge in [-0.2, -0.15) is 0 Å². The second-order valence-corrected chi connectivity index (χ2v) is 3.50. The van der Waals surface area contributed by atoms with Crippen LogP contribution in [0.25, 0.3) is 0 Å². The van der Waals surface area contributed by atoms with Gasteiger partial charge in [0.1, 0.15) is 11.9 Å². The summed E-state index contributed by atoms with van der Waals surface area (Å²) in [5, 5.41) is 31.0. The summed E-state index contributed by atoms with van der Waals surface area (Å²) in [6, 6.07) is 8.93. The summed E-state index contributed by atoms with van der Waals surface area (Å²) in [5.41, 5.74) is 1.16. The summed E-state index contributed by atoms with van der Waals surface area (Å²) in [6.45, 7) is -0.299. The average molecular weight is 207 g/mol. The van der Waals surface area contributed by atoms with Gasteiger partial charge in [-0.15, -0.1) is 0 Å². The van der Waals surface area contributed by atoms with Crippen molar-refractivity contribution >= 4 is 0 Å². The molecule has 0 radical (unpaired) electrons. The highest BCUT2D eigenvalue weighted by atomic mass is 16.3. The number of hydrogen-bond acceptors (Lipinski definition) is 4. The van der Waals surface area contributed by atoms with Crippen LogP contribution in [0.2, 0.25) is 0 Å². The van der Waals surface area contributed by atoms with E-state index < -0.39 is 6.10 Å². The molecule has 1 aromatic carbocycles. The Bertz CT molecular complexity index is 375. The first-order valence-corrected chi connectivity index (χ1v) is 4.76. The lowest BCUT2D eigenvalue weighted by Gasteiger charge is -2.16. The first kappa shape index (κ1) is 10.0. The lowest BCUT2D eigenvalue weighted by Crippen LogP contribution is -2.24. The topological polar surface area (TPSA) is 72.7 Å². The van der Waals surface area contributed by atoms with Crippen LogP contribution >= 0.6 is 0 Å². The quantitative estimate of drug-likeness (QED) is 0.568. The molecule has 0 bridgehead atoms. The second-order valence-electron chi connectivity index (χ2n) is 3.50. The highest BCUT2D eigenvalue weighted by molar-refractivity contribution is 5.30. The van der Waals surface area contributed by atoms with Crippen LogP contribution < -0.4 is 5.32 Å². The van der Waals surface area contributed by atoms with E-state index in [-0.39, 0.29) is 24.1 Å². The smallest absolute Gasteiger partial charge is 0.144 e. The van der Waals surface area contributed by atoms with Crippen LogP contribution in [-0.4, -0.2) is 28.0 Å². The van der Waals surface area contributed by atoms with Crippen molar-refractivity contribution in [2.24, 2.45) is 0 Å². The third-order valence-corrected chi connectivity index (χ3v) is 2.55.